The van der Waals surface area contributed by atoms with Crippen LogP contribution in [0.2, 0.25) is 0 Å². The van der Waals surface area contributed by atoms with Crippen molar-refractivity contribution in [2.24, 2.45) is 10.7 Å². The van der Waals surface area contributed by atoms with Gasteiger partial charge in [-0.15, -0.1) is 0 Å². The molecular formula is C13H27BN2O2. The lowest BCUT2D eigenvalue weighted by Gasteiger charge is -2.32. The summed E-state index contributed by atoms with van der Waals surface area (Å²) >= 11 is 0. The Morgan fingerprint density at radius 2 is 1.50 bits per heavy atom. The van der Waals surface area contributed by atoms with E-state index in [2.05, 4.69) is 4.99 Å². The van der Waals surface area contributed by atoms with Gasteiger partial charge >= 0.3 is 7.12 Å². The topological polar surface area (TPSA) is 56.8 Å². The molecule has 0 amide bonds. The Kier molecular flexibility index (Phi) is 6.10. The van der Waals surface area contributed by atoms with Gasteiger partial charge in [-0.1, -0.05) is 13.8 Å². The van der Waals surface area contributed by atoms with Gasteiger partial charge in [-0.05, 0) is 40.7 Å². The van der Waals surface area contributed by atoms with E-state index in [-0.39, 0.29) is 11.2 Å². The van der Waals surface area contributed by atoms with Crippen molar-refractivity contribution in [3.05, 3.63) is 11.8 Å². The van der Waals surface area contributed by atoms with E-state index in [0.29, 0.717) is 5.70 Å². The largest absolute Gasteiger partial charge is 0.514 e. The summed E-state index contributed by atoms with van der Waals surface area (Å²) in [5.74, 6) is 0. The third-order valence-corrected chi connectivity index (χ3v) is 3.13. The molecule has 1 aliphatic heterocycles. The van der Waals surface area contributed by atoms with Crippen molar-refractivity contribution >= 4 is 12.7 Å². The van der Waals surface area contributed by atoms with Crippen molar-refractivity contribution in [3.63, 3.8) is 0 Å². The monoisotopic (exact) mass is 254 g/mol. The summed E-state index contributed by atoms with van der Waals surface area (Å²) in [5, 5.41) is 0. The maximum atomic E-state index is 5.86. The lowest BCUT2D eigenvalue weighted by atomic mass is 9.81. The van der Waals surface area contributed by atoms with Gasteiger partial charge in [0.25, 0.3) is 0 Å². The average Bonchev–Trinajstić information content (AvgIpc) is 2.47. The first-order chi connectivity index (χ1) is 8.19. The summed E-state index contributed by atoms with van der Waals surface area (Å²) < 4.78 is 11.7. The minimum atomic E-state index is -0.437. The summed E-state index contributed by atoms with van der Waals surface area (Å²) in [7, 11) is 1.27. The molecule has 4 nitrogen and oxygen atoms in total. The van der Waals surface area contributed by atoms with Crippen molar-refractivity contribution in [3.8, 4) is 0 Å². The van der Waals surface area contributed by atoms with Crippen LogP contribution in [0.1, 0.15) is 48.5 Å². The third-order valence-electron chi connectivity index (χ3n) is 3.13. The standard InChI is InChI=1S/C11H21BN2O2.C2H6/c1-8(13)7-9(14-6)12-15-10(2,3)11(4,5)16-12;1-2/h7H,13H2,1-6H3;1-2H3/b8-7-,14-9?;. The van der Waals surface area contributed by atoms with Crippen molar-refractivity contribution in [1.29, 1.82) is 0 Å². The zero-order valence-corrected chi connectivity index (χ0v) is 13.0. The number of allylic oxidation sites excluding steroid dienone is 2. The summed E-state index contributed by atoms with van der Waals surface area (Å²) in [6, 6.07) is 0. The molecule has 0 unspecified atom stereocenters. The van der Waals surface area contributed by atoms with Gasteiger partial charge in [0.15, 0.2) is 0 Å². The van der Waals surface area contributed by atoms with Gasteiger partial charge in [-0.2, -0.15) is 0 Å². The van der Waals surface area contributed by atoms with Gasteiger partial charge in [0.1, 0.15) is 0 Å². The highest BCUT2D eigenvalue weighted by atomic mass is 16.7. The Bertz CT molecular complexity index is 316. The minimum absolute atomic E-state index is 0.343. The zero-order chi connectivity index (χ0) is 14.6. The molecule has 0 radical (unpaired) electrons. The molecule has 1 rings (SSSR count). The Labute approximate surface area is 112 Å². The highest BCUT2D eigenvalue weighted by Crippen LogP contribution is 2.37. The van der Waals surface area contributed by atoms with Crippen LogP contribution in [-0.4, -0.2) is 31.0 Å². The predicted molar refractivity (Wildman–Crippen MR) is 78.7 cm³/mol. The third kappa shape index (κ3) is 3.85. The Morgan fingerprint density at radius 3 is 1.78 bits per heavy atom. The van der Waals surface area contributed by atoms with Crippen molar-refractivity contribution < 1.29 is 9.31 Å². The van der Waals surface area contributed by atoms with Crippen LogP contribution in [-0.2, 0) is 9.31 Å². The van der Waals surface area contributed by atoms with Crippen molar-refractivity contribution in [2.75, 3.05) is 7.05 Å². The van der Waals surface area contributed by atoms with E-state index < -0.39 is 7.12 Å². The predicted octanol–water partition coefficient (Wildman–Crippen LogP) is 2.58. The normalized spacial score (nSPS) is 22.6. The highest BCUT2D eigenvalue weighted by Gasteiger charge is 2.52. The number of aliphatic imine (C=N–C) groups is 1. The molecule has 1 heterocycles. The van der Waals surface area contributed by atoms with E-state index in [9.17, 15) is 0 Å². The molecule has 0 atom stereocenters. The van der Waals surface area contributed by atoms with Crippen LogP contribution in [0.15, 0.2) is 16.8 Å². The lowest BCUT2D eigenvalue weighted by molar-refractivity contribution is 0.00578. The second-order valence-corrected chi connectivity index (χ2v) is 5.13. The van der Waals surface area contributed by atoms with Gasteiger partial charge in [0.2, 0.25) is 0 Å². The Balaban J connectivity index is 0.00000137. The van der Waals surface area contributed by atoms with Gasteiger partial charge in [-0.3, -0.25) is 4.99 Å². The SMILES string of the molecule is CC.CN=C(/C=C(/C)N)B1OC(C)(C)C(C)(C)O1. The van der Waals surface area contributed by atoms with E-state index in [1.165, 1.54) is 0 Å². The average molecular weight is 254 g/mol. The molecular weight excluding hydrogens is 227 g/mol. The Morgan fingerprint density at radius 1 is 1.11 bits per heavy atom. The minimum Gasteiger partial charge on any atom is -0.402 e. The second kappa shape index (κ2) is 6.39. The van der Waals surface area contributed by atoms with Crippen LogP contribution in [0, 0.1) is 0 Å². The van der Waals surface area contributed by atoms with Gasteiger partial charge < -0.3 is 15.0 Å². The second-order valence-electron chi connectivity index (χ2n) is 5.13. The molecule has 0 aromatic heterocycles. The molecule has 0 aromatic carbocycles. The summed E-state index contributed by atoms with van der Waals surface area (Å²) in [4.78, 5) is 4.15. The van der Waals surface area contributed by atoms with E-state index in [4.69, 9.17) is 15.0 Å². The zero-order valence-electron chi connectivity index (χ0n) is 13.0. The molecule has 1 saturated heterocycles. The number of rotatable bonds is 2. The van der Waals surface area contributed by atoms with Crippen molar-refractivity contribution in [2.45, 2.75) is 59.7 Å². The maximum absolute atomic E-state index is 5.86. The van der Waals surface area contributed by atoms with Crippen LogP contribution in [0.5, 0.6) is 0 Å². The molecule has 2 N–H and O–H groups in total. The van der Waals surface area contributed by atoms with Crippen LogP contribution in [0.4, 0.5) is 0 Å². The van der Waals surface area contributed by atoms with Gasteiger partial charge in [-0.25, -0.2) is 0 Å². The fourth-order valence-electron chi connectivity index (χ4n) is 1.44. The van der Waals surface area contributed by atoms with Gasteiger partial charge in [0, 0.05) is 12.7 Å². The van der Waals surface area contributed by atoms with E-state index in [0.717, 1.165) is 5.61 Å². The Hall–Kier alpha value is -0.805. The van der Waals surface area contributed by atoms with Crippen LogP contribution < -0.4 is 5.73 Å². The summed E-state index contributed by atoms with van der Waals surface area (Å²) in [5.41, 5.74) is 6.37. The van der Waals surface area contributed by atoms with Crippen molar-refractivity contribution in [1.82, 2.24) is 0 Å². The first-order valence-corrected chi connectivity index (χ1v) is 6.46. The molecule has 5 heteroatoms. The quantitative estimate of drug-likeness (QED) is 0.608. The van der Waals surface area contributed by atoms with Crippen LogP contribution in [0.25, 0.3) is 0 Å². The molecule has 1 aliphatic rings. The van der Waals surface area contributed by atoms with Crippen LogP contribution in [0.3, 0.4) is 0 Å². The van der Waals surface area contributed by atoms with E-state index >= 15 is 0 Å². The molecule has 0 aromatic rings. The van der Waals surface area contributed by atoms with E-state index in [1.807, 2.05) is 48.5 Å². The fraction of sp³-hybridized carbons (Fsp3) is 0.769. The highest BCUT2D eigenvalue weighted by molar-refractivity contribution is 6.84. The molecule has 1 fully saturated rings. The lowest BCUT2D eigenvalue weighted by Crippen LogP contribution is -2.41. The number of hydrogen-bond donors (Lipinski definition) is 1. The van der Waals surface area contributed by atoms with Gasteiger partial charge in [0.05, 0.1) is 16.8 Å². The molecule has 0 spiro atoms. The van der Waals surface area contributed by atoms with Crippen LogP contribution >= 0.6 is 0 Å². The smallest absolute Gasteiger partial charge is 0.402 e. The molecule has 18 heavy (non-hydrogen) atoms. The summed E-state index contributed by atoms with van der Waals surface area (Å²) in [6.45, 7) is 13.9. The fourth-order valence-corrected chi connectivity index (χ4v) is 1.44. The molecule has 0 bridgehead atoms. The first kappa shape index (κ1) is 17.2. The summed E-state index contributed by atoms with van der Waals surface area (Å²) in [6.07, 6.45) is 1.78. The number of hydrogen-bond acceptors (Lipinski definition) is 4. The molecule has 104 valence electrons. The molecule has 0 aliphatic carbocycles. The maximum Gasteiger partial charge on any atom is 0.514 e. The number of nitrogens with zero attached hydrogens (tertiary/aromatic N) is 1. The first-order valence-electron chi connectivity index (χ1n) is 6.46. The number of nitrogens with two attached hydrogens (primary N) is 1. The van der Waals surface area contributed by atoms with E-state index in [1.54, 1.807) is 13.1 Å². The molecule has 0 saturated carbocycles.